The molecule has 1 fully saturated rings. The first-order valence-corrected chi connectivity index (χ1v) is 4.74. The van der Waals surface area contributed by atoms with Gasteiger partial charge in [0.25, 0.3) is 0 Å². The molecule has 3 nitrogen and oxygen atoms in total. The van der Waals surface area contributed by atoms with Gasteiger partial charge in [-0.1, -0.05) is 12.1 Å². The Hall–Kier alpha value is -1.48. The van der Waals surface area contributed by atoms with E-state index in [0.29, 0.717) is 12.7 Å². The van der Waals surface area contributed by atoms with Crippen molar-refractivity contribution in [3.05, 3.63) is 30.5 Å². The number of ether oxygens (including phenoxy) is 2. The van der Waals surface area contributed by atoms with Gasteiger partial charge in [0.1, 0.15) is 18.5 Å². The minimum atomic E-state index is 0.309. The van der Waals surface area contributed by atoms with Gasteiger partial charge in [0.05, 0.1) is 6.61 Å². The van der Waals surface area contributed by atoms with E-state index in [-0.39, 0.29) is 0 Å². The molecule has 2 heterocycles. The van der Waals surface area contributed by atoms with Crippen molar-refractivity contribution in [2.45, 2.75) is 6.10 Å². The summed E-state index contributed by atoms with van der Waals surface area (Å²) in [5.41, 5.74) is 1.11. The molecule has 1 N–H and O–H groups in total. The lowest BCUT2D eigenvalue weighted by Crippen LogP contribution is -2.03. The Bertz CT molecular complexity index is 445. The summed E-state index contributed by atoms with van der Waals surface area (Å²) < 4.78 is 10.7. The summed E-state index contributed by atoms with van der Waals surface area (Å²) in [5.74, 6) is 0.913. The predicted octanol–water partition coefficient (Wildman–Crippen LogP) is 1.95. The highest BCUT2D eigenvalue weighted by Gasteiger charge is 2.23. The highest BCUT2D eigenvalue weighted by Crippen LogP contribution is 2.25. The molecule has 1 saturated heterocycles. The van der Waals surface area contributed by atoms with Crippen molar-refractivity contribution in [1.82, 2.24) is 4.98 Å². The number of hydrogen-bond donors (Lipinski definition) is 1. The second-order valence-corrected chi connectivity index (χ2v) is 3.46. The fourth-order valence-corrected chi connectivity index (χ4v) is 1.51. The second-order valence-electron chi connectivity index (χ2n) is 3.46. The van der Waals surface area contributed by atoms with E-state index in [4.69, 9.17) is 9.47 Å². The summed E-state index contributed by atoms with van der Waals surface area (Å²) in [7, 11) is 0. The number of para-hydroxylation sites is 1. The van der Waals surface area contributed by atoms with Crippen LogP contribution in [0.1, 0.15) is 0 Å². The van der Waals surface area contributed by atoms with Crippen LogP contribution in [0.5, 0.6) is 5.75 Å². The molecule has 1 atom stereocenters. The normalized spacial score (nSPS) is 19.9. The molecule has 2 aromatic rings. The van der Waals surface area contributed by atoms with Crippen LogP contribution in [-0.2, 0) is 4.74 Å². The zero-order valence-electron chi connectivity index (χ0n) is 7.69. The van der Waals surface area contributed by atoms with E-state index >= 15 is 0 Å². The Kier molecular flexibility index (Phi) is 1.70. The zero-order valence-corrected chi connectivity index (χ0v) is 7.69. The Morgan fingerprint density at radius 2 is 2.29 bits per heavy atom. The third-order valence-electron chi connectivity index (χ3n) is 2.38. The third kappa shape index (κ3) is 1.36. The van der Waals surface area contributed by atoms with Gasteiger partial charge in [0, 0.05) is 17.1 Å². The predicted molar refractivity (Wildman–Crippen MR) is 53.5 cm³/mol. The first-order chi connectivity index (χ1) is 6.93. The fraction of sp³-hybridized carbons (Fsp3) is 0.273. The van der Waals surface area contributed by atoms with Gasteiger partial charge in [-0.05, 0) is 12.1 Å². The molecular weight excluding hydrogens is 178 g/mol. The maximum absolute atomic E-state index is 5.63. The van der Waals surface area contributed by atoms with E-state index in [1.165, 1.54) is 0 Å². The quantitative estimate of drug-likeness (QED) is 0.749. The van der Waals surface area contributed by atoms with Gasteiger partial charge < -0.3 is 14.5 Å². The molecule has 3 rings (SSSR count). The van der Waals surface area contributed by atoms with Crippen LogP contribution in [0.25, 0.3) is 10.9 Å². The van der Waals surface area contributed by atoms with Crippen molar-refractivity contribution in [1.29, 1.82) is 0 Å². The lowest BCUT2D eigenvalue weighted by molar-refractivity contribution is 0.265. The van der Waals surface area contributed by atoms with Crippen LogP contribution in [0.4, 0.5) is 0 Å². The number of hydrogen-bond acceptors (Lipinski definition) is 2. The van der Waals surface area contributed by atoms with E-state index in [2.05, 4.69) is 11.1 Å². The number of aromatic nitrogens is 1. The second kappa shape index (κ2) is 3.03. The Labute approximate surface area is 81.6 Å². The molecular formula is C11H11NO2. The molecule has 14 heavy (non-hydrogen) atoms. The number of rotatable bonds is 3. The smallest absolute Gasteiger partial charge is 0.144 e. The third-order valence-corrected chi connectivity index (χ3v) is 2.38. The number of fused-ring (bicyclic) bond motifs is 1. The van der Waals surface area contributed by atoms with Gasteiger partial charge in [-0.25, -0.2) is 0 Å². The standard InChI is InChI=1S/C11H11NO2/c1-2-4-10-9(3-1)11(5-12-10)14-7-8-6-13-8/h1-5,8,12H,6-7H2. The van der Waals surface area contributed by atoms with E-state index < -0.39 is 0 Å². The van der Waals surface area contributed by atoms with Gasteiger partial charge >= 0.3 is 0 Å². The summed E-state index contributed by atoms with van der Waals surface area (Å²) in [6.07, 6.45) is 2.20. The maximum atomic E-state index is 5.63. The number of aromatic amines is 1. The molecule has 0 aliphatic carbocycles. The Morgan fingerprint density at radius 1 is 1.43 bits per heavy atom. The van der Waals surface area contributed by atoms with Crippen molar-refractivity contribution in [3.8, 4) is 5.75 Å². The SMILES string of the molecule is c1ccc2c(OCC3CO3)c[nH]c2c1. The molecule has 0 radical (unpaired) electrons. The van der Waals surface area contributed by atoms with Crippen LogP contribution in [-0.4, -0.2) is 24.3 Å². The van der Waals surface area contributed by atoms with Gasteiger partial charge in [0.2, 0.25) is 0 Å². The summed E-state index contributed by atoms with van der Waals surface area (Å²) in [6, 6.07) is 8.11. The number of H-pyrrole nitrogens is 1. The van der Waals surface area contributed by atoms with E-state index in [9.17, 15) is 0 Å². The average Bonchev–Trinajstić information content (AvgIpc) is 2.96. The molecule has 0 bridgehead atoms. The topological polar surface area (TPSA) is 37.5 Å². The number of epoxide rings is 1. The molecule has 0 saturated carbocycles. The van der Waals surface area contributed by atoms with Gasteiger partial charge in [-0.15, -0.1) is 0 Å². The monoisotopic (exact) mass is 189 g/mol. The first kappa shape index (κ1) is 7.88. The first-order valence-electron chi connectivity index (χ1n) is 4.74. The van der Waals surface area contributed by atoms with Gasteiger partial charge in [-0.2, -0.15) is 0 Å². The molecule has 1 aromatic carbocycles. The summed E-state index contributed by atoms with van der Waals surface area (Å²) in [4.78, 5) is 3.17. The van der Waals surface area contributed by atoms with Crippen LogP contribution < -0.4 is 4.74 Å². The van der Waals surface area contributed by atoms with E-state index in [1.807, 2.05) is 24.4 Å². The van der Waals surface area contributed by atoms with Gasteiger partial charge in [0.15, 0.2) is 0 Å². The highest BCUT2D eigenvalue weighted by atomic mass is 16.6. The highest BCUT2D eigenvalue weighted by molar-refractivity contribution is 5.85. The van der Waals surface area contributed by atoms with Crippen LogP contribution in [0.15, 0.2) is 30.5 Å². The van der Waals surface area contributed by atoms with Crippen molar-refractivity contribution in [3.63, 3.8) is 0 Å². The molecule has 1 aliphatic heterocycles. The number of nitrogens with one attached hydrogen (secondary N) is 1. The fourth-order valence-electron chi connectivity index (χ4n) is 1.51. The lowest BCUT2D eigenvalue weighted by Gasteiger charge is -2.00. The number of benzene rings is 1. The minimum Gasteiger partial charge on any atom is -0.489 e. The molecule has 3 heteroatoms. The Morgan fingerprint density at radius 3 is 3.14 bits per heavy atom. The van der Waals surface area contributed by atoms with Crippen LogP contribution >= 0.6 is 0 Å². The molecule has 0 spiro atoms. The van der Waals surface area contributed by atoms with Crippen molar-refractivity contribution >= 4 is 10.9 Å². The van der Waals surface area contributed by atoms with E-state index in [0.717, 1.165) is 23.3 Å². The van der Waals surface area contributed by atoms with Crippen molar-refractivity contribution < 1.29 is 9.47 Å². The summed E-state index contributed by atoms with van der Waals surface area (Å²) in [5, 5.41) is 1.13. The average molecular weight is 189 g/mol. The Balaban J connectivity index is 1.87. The largest absolute Gasteiger partial charge is 0.489 e. The molecule has 1 unspecified atom stereocenters. The maximum Gasteiger partial charge on any atom is 0.144 e. The summed E-state index contributed by atoms with van der Waals surface area (Å²) in [6.45, 7) is 1.49. The summed E-state index contributed by atoms with van der Waals surface area (Å²) >= 11 is 0. The molecule has 72 valence electrons. The van der Waals surface area contributed by atoms with E-state index in [1.54, 1.807) is 0 Å². The van der Waals surface area contributed by atoms with Crippen LogP contribution in [0.2, 0.25) is 0 Å². The molecule has 1 aromatic heterocycles. The lowest BCUT2D eigenvalue weighted by atomic mass is 10.2. The molecule has 0 amide bonds. The zero-order chi connectivity index (χ0) is 9.38. The molecule has 1 aliphatic rings. The van der Waals surface area contributed by atoms with Gasteiger partial charge in [-0.3, -0.25) is 0 Å². The van der Waals surface area contributed by atoms with Crippen molar-refractivity contribution in [2.24, 2.45) is 0 Å². The minimum absolute atomic E-state index is 0.309. The van der Waals surface area contributed by atoms with Crippen molar-refractivity contribution in [2.75, 3.05) is 13.2 Å². The van der Waals surface area contributed by atoms with Crippen LogP contribution in [0.3, 0.4) is 0 Å². The van der Waals surface area contributed by atoms with Crippen LogP contribution in [0, 0.1) is 0 Å².